The summed E-state index contributed by atoms with van der Waals surface area (Å²) in [6.07, 6.45) is 2.21. The summed E-state index contributed by atoms with van der Waals surface area (Å²) in [5.74, 6) is 0.519. The van der Waals surface area contributed by atoms with Gasteiger partial charge in [-0.2, -0.15) is 0 Å². The van der Waals surface area contributed by atoms with Gasteiger partial charge in [0.25, 0.3) is 5.91 Å². The highest BCUT2D eigenvalue weighted by atomic mass is 16.5. The van der Waals surface area contributed by atoms with Gasteiger partial charge in [-0.3, -0.25) is 4.79 Å². The van der Waals surface area contributed by atoms with Gasteiger partial charge in [-0.1, -0.05) is 11.6 Å². The lowest BCUT2D eigenvalue weighted by molar-refractivity contribution is 0.0942. The van der Waals surface area contributed by atoms with Crippen molar-refractivity contribution in [3.63, 3.8) is 0 Å². The molecule has 0 radical (unpaired) electrons. The Labute approximate surface area is 108 Å². The molecule has 0 unspecified atom stereocenters. The van der Waals surface area contributed by atoms with Crippen LogP contribution in [0.15, 0.2) is 18.2 Å². The molecule has 18 heavy (non-hydrogen) atoms. The number of benzene rings is 1. The number of ether oxygens (including phenoxy) is 1. The second-order valence-electron chi connectivity index (χ2n) is 5.09. The molecule has 0 heterocycles. The number of methoxy groups -OCH3 is 1. The predicted octanol–water partition coefficient (Wildman–Crippen LogP) is 1.47. The van der Waals surface area contributed by atoms with Crippen LogP contribution in [-0.4, -0.2) is 26.1 Å². The molecule has 1 aromatic carbocycles. The van der Waals surface area contributed by atoms with Crippen molar-refractivity contribution in [2.75, 3.05) is 20.2 Å². The van der Waals surface area contributed by atoms with E-state index >= 15 is 0 Å². The minimum Gasteiger partial charge on any atom is -0.496 e. The van der Waals surface area contributed by atoms with Crippen molar-refractivity contribution in [2.45, 2.75) is 19.8 Å². The van der Waals surface area contributed by atoms with E-state index in [-0.39, 0.29) is 11.3 Å². The number of nitrogens with one attached hydrogen (secondary N) is 1. The summed E-state index contributed by atoms with van der Waals surface area (Å²) < 4.78 is 5.21. The maximum atomic E-state index is 12.1. The standard InChI is InChI=1S/C14H20N2O2/c1-10-3-4-12(18-2)11(7-10)13(17)16-9-14(8-15)5-6-14/h3-4,7H,5-6,8-9,15H2,1-2H3,(H,16,17). The molecule has 0 aromatic heterocycles. The SMILES string of the molecule is COc1ccc(C)cc1C(=O)NCC1(CN)CC1. The van der Waals surface area contributed by atoms with Crippen LogP contribution in [0, 0.1) is 12.3 Å². The van der Waals surface area contributed by atoms with Gasteiger partial charge >= 0.3 is 0 Å². The largest absolute Gasteiger partial charge is 0.496 e. The van der Waals surface area contributed by atoms with Crippen LogP contribution < -0.4 is 15.8 Å². The molecule has 1 fully saturated rings. The fourth-order valence-corrected chi connectivity index (χ4v) is 1.99. The van der Waals surface area contributed by atoms with Crippen molar-refractivity contribution < 1.29 is 9.53 Å². The van der Waals surface area contributed by atoms with Gasteiger partial charge in [0.2, 0.25) is 0 Å². The third kappa shape index (κ3) is 2.64. The molecule has 3 N–H and O–H groups in total. The van der Waals surface area contributed by atoms with E-state index in [2.05, 4.69) is 5.32 Å². The van der Waals surface area contributed by atoms with E-state index in [0.717, 1.165) is 18.4 Å². The van der Waals surface area contributed by atoms with E-state index in [1.54, 1.807) is 7.11 Å². The molecule has 1 saturated carbocycles. The van der Waals surface area contributed by atoms with Crippen molar-refractivity contribution >= 4 is 5.91 Å². The highest BCUT2D eigenvalue weighted by molar-refractivity contribution is 5.97. The summed E-state index contributed by atoms with van der Waals surface area (Å²) in [4.78, 5) is 12.1. The molecule has 4 nitrogen and oxygen atoms in total. The molecule has 1 aliphatic rings. The molecule has 1 aromatic rings. The first-order valence-electron chi connectivity index (χ1n) is 6.23. The Balaban J connectivity index is 2.06. The van der Waals surface area contributed by atoms with Crippen molar-refractivity contribution in [3.8, 4) is 5.75 Å². The number of carbonyl (C=O) groups is 1. The highest BCUT2D eigenvalue weighted by Gasteiger charge is 2.41. The molecule has 1 amide bonds. The Morgan fingerprint density at radius 1 is 1.50 bits per heavy atom. The van der Waals surface area contributed by atoms with Crippen LogP contribution in [0.2, 0.25) is 0 Å². The number of nitrogens with two attached hydrogens (primary N) is 1. The number of rotatable bonds is 5. The lowest BCUT2D eigenvalue weighted by Crippen LogP contribution is -2.34. The van der Waals surface area contributed by atoms with Crippen molar-refractivity contribution in [1.29, 1.82) is 0 Å². The van der Waals surface area contributed by atoms with E-state index in [4.69, 9.17) is 10.5 Å². The lowest BCUT2D eigenvalue weighted by Gasteiger charge is -2.14. The second kappa shape index (κ2) is 4.98. The molecule has 0 atom stereocenters. The van der Waals surface area contributed by atoms with Crippen molar-refractivity contribution in [1.82, 2.24) is 5.32 Å². The van der Waals surface area contributed by atoms with Gasteiger partial charge in [0.15, 0.2) is 0 Å². The first kappa shape index (κ1) is 12.9. The Morgan fingerprint density at radius 2 is 2.22 bits per heavy atom. The van der Waals surface area contributed by atoms with Crippen LogP contribution in [0.1, 0.15) is 28.8 Å². The minimum atomic E-state index is -0.0877. The fourth-order valence-electron chi connectivity index (χ4n) is 1.99. The average Bonchev–Trinajstić information content (AvgIpc) is 3.16. The zero-order valence-corrected chi connectivity index (χ0v) is 11.0. The van der Waals surface area contributed by atoms with Crippen LogP contribution in [-0.2, 0) is 0 Å². The molecule has 4 heteroatoms. The molecule has 0 spiro atoms. The topological polar surface area (TPSA) is 64.3 Å². The zero-order chi connectivity index (χ0) is 13.2. The summed E-state index contributed by atoms with van der Waals surface area (Å²) in [6, 6.07) is 5.59. The van der Waals surface area contributed by atoms with Gasteiger partial charge in [-0.25, -0.2) is 0 Å². The fraction of sp³-hybridized carbons (Fsp3) is 0.500. The van der Waals surface area contributed by atoms with Gasteiger partial charge in [-0.15, -0.1) is 0 Å². The summed E-state index contributed by atoms with van der Waals surface area (Å²) in [5.41, 5.74) is 7.47. The van der Waals surface area contributed by atoms with E-state index in [9.17, 15) is 4.79 Å². The molecule has 0 bridgehead atoms. The summed E-state index contributed by atoms with van der Waals surface area (Å²) in [7, 11) is 1.57. The second-order valence-corrected chi connectivity index (χ2v) is 5.09. The normalized spacial score (nSPS) is 16.2. The Kier molecular flexibility index (Phi) is 3.57. The predicted molar refractivity (Wildman–Crippen MR) is 70.8 cm³/mol. The van der Waals surface area contributed by atoms with E-state index in [1.165, 1.54) is 0 Å². The zero-order valence-electron chi connectivity index (χ0n) is 11.0. The van der Waals surface area contributed by atoms with Crippen LogP contribution in [0.5, 0.6) is 5.75 Å². The summed E-state index contributed by atoms with van der Waals surface area (Å²) in [6.45, 7) is 3.25. The highest BCUT2D eigenvalue weighted by Crippen LogP contribution is 2.43. The lowest BCUT2D eigenvalue weighted by atomic mass is 10.1. The maximum absolute atomic E-state index is 12.1. The van der Waals surface area contributed by atoms with Gasteiger partial charge in [0.1, 0.15) is 5.75 Å². The molecular formula is C14H20N2O2. The first-order chi connectivity index (χ1) is 8.60. The molecule has 2 rings (SSSR count). The van der Waals surface area contributed by atoms with Crippen LogP contribution in [0.4, 0.5) is 0 Å². The van der Waals surface area contributed by atoms with E-state index in [0.29, 0.717) is 24.4 Å². The van der Waals surface area contributed by atoms with Crippen molar-refractivity contribution in [3.05, 3.63) is 29.3 Å². The number of carbonyl (C=O) groups excluding carboxylic acids is 1. The first-order valence-corrected chi connectivity index (χ1v) is 6.23. The van der Waals surface area contributed by atoms with E-state index < -0.39 is 0 Å². The number of aryl methyl sites for hydroxylation is 1. The molecular weight excluding hydrogens is 228 g/mol. The third-order valence-corrected chi connectivity index (χ3v) is 3.61. The van der Waals surface area contributed by atoms with Gasteiger partial charge in [-0.05, 0) is 38.4 Å². The smallest absolute Gasteiger partial charge is 0.255 e. The quantitative estimate of drug-likeness (QED) is 0.829. The van der Waals surface area contributed by atoms with Crippen LogP contribution in [0.3, 0.4) is 0 Å². The van der Waals surface area contributed by atoms with Crippen molar-refractivity contribution in [2.24, 2.45) is 11.1 Å². The number of amides is 1. The molecule has 0 aliphatic heterocycles. The molecule has 1 aliphatic carbocycles. The summed E-state index contributed by atoms with van der Waals surface area (Å²) in [5, 5.41) is 2.96. The molecule has 0 saturated heterocycles. The van der Waals surface area contributed by atoms with Gasteiger partial charge < -0.3 is 15.8 Å². The molecule has 98 valence electrons. The minimum absolute atomic E-state index is 0.0877. The van der Waals surface area contributed by atoms with Gasteiger partial charge in [0, 0.05) is 12.0 Å². The van der Waals surface area contributed by atoms with Crippen LogP contribution in [0.25, 0.3) is 0 Å². The Morgan fingerprint density at radius 3 is 2.78 bits per heavy atom. The summed E-state index contributed by atoms with van der Waals surface area (Å²) >= 11 is 0. The average molecular weight is 248 g/mol. The number of hydrogen-bond donors (Lipinski definition) is 2. The Hall–Kier alpha value is -1.55. The maximum Gasteiger partial charge on any atom is 0.255 e. The third-order valence-electron chi connectivity index (χ3n) is 3.61. The monoisotopic (exact) mass is 248 g/mol. The van der Waals surface area contributed by atoms with Gasteiger partial charge in [0.05, 0.1) is 12.7 Å². The van der Waals surface area contributed by atoms with E-state index in [1.807, 2.05) is 25.1 Å². The Bertz CT molecular complexity index is 453. The number of hydrogen-bond acceptors (Lipinski definition) is 3. The van der Waals surface area contributed by atoms with Crippen LogP contribution >= 0.6 is 0 Å².